The molecule has 0 aliphatic rings. The second-order valence-corrected chi connectivity index (χ2v) is 5.19. The maximum absolute atomic E-state index is 11.1. The molecule has 3 aromatic rings. The van der Waals surface area contributed by atoms with Crippen molar-refractivity contribution >= 4 is 34.1 Å². The van der Waals surface area contributed by atoms with E-state index in [4.69, 9.17) is 21.8 Å². The van der Waals surface area contributed by atoms with Crippen molar-refractivity contribution in [1.82, 2.24) is 4.98 Å². The predicted octanol–water partition coefficient (Wildman–Crippen LogP) is 3.01. The molecule has 0 radical (unpaired) electrons. The molecule has 2 aromatic carbocycles. The van der Waals surface area contributed by atoms with Crippen molar-refractivity contribution < 1.29 is 4.42 Å². The highest BCUT2D eigenvalue weighted by Gasteiger charge is 2.06. The standard InChI is InChI=1S/C15H14ClN3O2/c16-10-3-1-9(2-4-10)5-6-18-12-8-13-14(7-11(12)17)21-15(20)19-13/h1-4,7-8,18H,5-6,17H2,(H,19,20). The van der Waals surface area contributed by atoms with E-state index >= 15 is 0 Å². The van der Waals surface area contributed by atoms with Crippen LogP contribution in [0.3, 0.4) is 0 Å². The SMILES string of the molecule is Nc1cc2oc(=O)[nH]c2cc1NCCc1ccc(Cl)cc1. The lowest BCUT2D eigenvalue weighted by atomic mass is 10.1. The molecule has 0 spiro atoms. The molecule has 5 nitrogen and oxygen atoms in total. The Balaban J connectivity index is 1.71. The number of aromatic amines is 1. The molecule has 0 amide bonds. The molecule has 3 rings (SSSR count). The lowest BCUT2D eigenvalue weighted by molar-refractivity contribution is 0.555. The summed E-state index contributed by atoms with van der Waals surface area (Å²) in [5.41, 5.74) is 9.52. The molecule has 0 aliphatic heterocycles. The number of halogens is 1. The largest absolute Gasteiger partial charge is 0.417 e. The molecule has 4 N–H and O–H groups in total. The third-order valence-electron chi connectivity index (χ3n) is 3.23. The van der Waals surface area contributed by atoms with E-state index in [1.807, 2.05) is 24.3 Å². The van der Waals surface area contributed by atoms with Gasteiger partial charge in [-0.3, -0.25) is 4.98 Å². The lowest BCUT2D eigenvalue weighted by Crippen LogP contribution is -2.06. The first-order valence-electron chi connectivity index (χ1n) is 6.52. The Labute approximate surface area is 125 Å². The van der Waals surface area contributed by atoms with Gasteiger partial charge in [0.05, 0.1) is 16.9 Å². The minimum atomic E-state index is -0.484. The van der Waals surface area contributed by atoms with Crippen LogP contribution in [0.1, 0.15) is 5.56 Å². The fourth-order valence-electron chi connectivity index (χ4n) is 2.16. The van der Waals surface area contributed by atoms with Crippen LogP contribution in [0.5, 0.6) is 0 Å². The Kier molecular flexibility index (Phi) is 3.58. The summed E-state index contributed by atoms with van der Waals surface area (Å²) in [5, 5.41) is 3.98. The minimum absolute atomic E-state index is 0.459. The highest BCUT2D eigenvalue weighted by molar-refractivity contribution is 6.30. The summed E-state index contributed by atoms with van der Waals surface area (Å²) in [6.45, 7) is 0.722. The summed E-state index contributed by atoms with van der Waals surface area (Å²) in [4.78, 5) is 13.8. The molecule has 0 fully saturated rings. The molecule has 108 valence electrons. The molecule has 0 saturated carbocycles. The van der Waals surface area contributed by atoms with Gasteiger partial charge in [0.2, 0.25) is 0 Å². The Morgan fingerprint density at radius 3 is 2.76 bits per heavy atom. The predicted molar refractivity (Wildman–Crippen MR) is 84.9 cm³/mol. The first-order valence-corrected chi connectivity index (χ1v) is 6.90. The van der Waals surface area contributed by atoms with Crippen molar-refractivity contribution in [3.8, 4) is 0 Å². The summed E-state index contributed by atoms with van der Waals surface area (Å²) in [6.07, 6.45) is 0.844. The Morgan fingerprint density at radius 2 is 2.00 bits per heavy atom. The van der Waals surface area contributed by atoms with E-state index in [-0.39, 0.29) is 0 Å². The molecule has 1 aromatic heterocycles. The number of benzene rings is 2. The van der Waals surface area contributed by atoms with Gasteiger partial charge < -0.3 is 15.5 Å². The molecule has 0 atom stereocenters. The second-order valence-electron chi connectivity index (χ2n) is 4.75. The number of hydrogen-bond acceptors (Lipinski definition) is 4. The summed E-state index contributed by atoms with van der Waals surface area (Å²) < 4.78 is 4.96. The Morgan fingerprint density at radius 1 is 1.24 bits per heavy atom. The number of anilines is 2. The van der Waals surface area contributed by atoms with Crippen LogP contribution < -0.4 is 16.8 Å². The van der Waals surface area contributed by atoms with E-state index in [0.29, 0.717) is 16.8 Å². The first kappa shape index (κ1) is 13.6. The molecule has 0 unspecified atom stereocenters. The van der Waals surface area contributed by atoms with Crippen LogP contribution in [0.15, 0.2) is 45.6 Å². The van der Waals surface area contributed by atoms with Crippen molar-refractivity contribution in [2.24, 2.45) is 0 Å². The van der Waals surface area contributed by atoms with Crippen molar-refractivity contribution in [3.63, 3.8) is 0 Å². The number of H-pyrrole nitrogens is 1. The summed E-state index contributed by atoms with van der Waals surface area (Å²) in [5.74, 6) is -0.484. The zero-order valence-corrected chi connectivity index (χ0v) is 11.9. The Hall–Kier alpha value is -2.40. The van der Waals surface area contributed by atoms with Crippen LogP contribution >= 0.6 is 11.6 Å². The van der Waals surface area contributed by atoms with E-state index < -0.39 is 5.76 Å². The van der Waals surface area contributed by atoms with Crippen LogP contribution in [0.2, 0.25) is 5.02 Å². The van der Waals surface area contributed by atoms with Crippen molar-refractivity contribution in [2.75, 3.05) is 17.6 Å². The number of aromatic nitrogens is 1. The topological polar surface area (TPSA) is 84.0 Å². The van der Waals surface area contributed by atoms with E-state index in [0.717, 1.165) is 23.7 Å². The van der Waals surface area contributed by atoms with Gasteiger partial charge in [0.15, 0.2) is 5.58 Å². The van der Waals surface area contributed by atoms with Crippen LogP contribution in [0, 0.1) is 0 Å². The summed E-state index contributed by atoms with van der Waals surface area (Å²) in [7, 11) is 0. The van der Waals surface area contributed by atoms with E-state index in [1.54, 1.807) is 12.1 Å². The van der Waals surface area contributed by atoms with Gasteiger partial charge in [0, 0.05) is 17.6 Å². The first-order chi connectivity index (χ1) is 10.1. The quantitative estimate of drug-likeness (QED) is 0.647. The number of nitrogens with two attached hydrogens (primary N) is 1. The molecule has 0 saturated heterocycles. The zero-order valence-electron chi connectivity index (χ0n) is 11.2. The highest BCUT2D eigenvalue weighted by Crippen LogP contribution is 2.24. The summed E-state index contributed by atoms with van der Waals surface area (Å²) >= 11 is 5.85. The number of nitrogens with one attached hydrogen (secondary N) is 2. The Bertz CT molecular complexity index is 821. The van der Waals surface area contributed by atoms with Gasteiger partial charge in [-0.05, 0) is 30.2 Å². The number of fused-ring (bicyclic) bond motifs is 1. The van der Waals surface area contributed by atoms with E-state index in [1.165, 1.54) is 5.56 Å². The highest BCUT2D eigenvalue weighted by atomic mass is 35.5. The van der Waals surface area contributed by atoms with Crippen molar-refractivity contribution in [2.45, 2.75) is 6.42 Å². The maximum atomic E-state index is 11.1. The second kappa shape index (κ2) is 5.54. The molecular formula is C15H14ClN3O2. The molecule has 1 heterocycles. The van der Waals surface area contributed by atoms with E-state index in [2.05, 4.69) is 10.3 Å². The normalized spacial score (nSPS) is 10.9. The molecule has 0 aliphatic carbocycles. The average Bonchev–Trinajstić information content (AvgIpc) is 2.80. The maximum Gasteiger partial charge on any atom is 0.417 e. The number of oxazole rings is 1. The van der Waals surface area contributed by atoms with Gasteiger partial charge in [-0.25, -0.2) is 4.79 Å². The minimum Gasteiger partial charge on any atom is -0.408 e. The van der Waals surface area contributed by atoms with Crippen molar-refractivity contribution in [3.05, 3.63) is 57.5 Å². The third-order valence-corrected chi connectivity index (χ3v) is 3.49. The van der Waals surface area contributed by atoms with Gasteiger partial charge in [-0.15, -0.1) is 0 Å². The molecule has 21 heavy (non-hydrogen) atoms. The average molecular weight is 304 g/mol. The monoisotopic (exact) mass is 303 g/mol. The van der Waals surface area contributed by atoms with Gasteiger partial charge in [-0.1, -0.05) is 23.7 Å². The van der Waals surface area contributed by atoms with Crippen molar-refractivity contribution in [1.29, 1.82) is 0 Å². The van der Waals surface area contributed by atoms with Gasteiger partial charge in [-0.2, -0.15) is 0 Å². The fourth-order valence-corrected chi connectivity index (χ4v) is 2.28. The smallest absolute Gasteiger partial charge is 0.408 e. The van der Waals surface area contributed by atoms with Gasteiger partial charge in [0.25, 0.3) is 0 Å². The fraction of sp³-hybridized carbons (Fsp3) is 0.133. The molecule has 6 heteroatoms. The number of rotatable bonds is 4. The number of hydrogen-bond donors (Lipinski definition) is 3. The number of nitrogen functional groups attached to an aromatic ring is 1. The van der Waals surface area contributed by atoms with Gasteiger partial charge in [0.1, 0.15) is 0 Å². The van der Waals surface area contributed by atoms with Crippen LogP contribution in [0.4, 0.5) is 11.4 Å². The zero-order chi connectivity index (χ0) is 14.8. The van der Waals surface area contributed by atoms with Crippen LogP contribution in [-0.4, -0.2) is 11.5 Å². The van der Waals surface area contributed by atoms with Crippen LogP contribution in [0.25, 0.3) is 11.1 Å². The summed E-state index contributed by atoms with van der Waals surface area (Å²) in [6, 6.07) is 11.1. The molecule has 0 bridgehead atoms. The molecular weight excluding hydrogens is 290 g/mol. The van der Waals surface area contributed by atoms with Gasteiger partial charge >= 0.3 is 5.76 Å². The van der Waals surface area contributed by atoms with E-state index in [9.17, 15) is 4.79 Å². The third kappa shape index (κ3) is 3.03. The van der Waals surface area contributed by atoms with Crippen LogP contribution in [-0.2, 0) is 6.42 Å². The lowest BCUT2D eigenvalue weighted by Gasteiger charge is -2.09.